The lowest BCUT2D eigenvalue weighted by Crippen LogP contribution is -2.30. The van der Waals surface area contributed by atoms with Gasteiger partial charge in [0, 0.05) is 35.6 Å². The molecule has 0 spiro atoms. The van der Waals surface area contributed by atoms with Crippen molar-refractivity contribution in [1.82, 2.24) is 4.98 Å². The summed E-state index contributed by atoms with van der Waals surface area (Å²) < 4.78 is 0. The van der Waals surface area contributed by atoms with Crippen molar-refractivity contribution in [3.05, 3.63) is 155 Å². The zero-order valence-corrected chi connectivity index (χ0v) is 28.1. The van der Waals surface area contributed by atoms with Crippen LogP contribution in [0.15, 0.2) is 121 Å². The number of hydrogen-bond donors (Lipinski definition) is 0. The molecule has 3 aliphatic rings. The number of aromatic nitrogens is 1. The molecule has 0 unspecified atom stereocenters. The van der Waals surface area contributed by atoms with E-state index in [-0.39, 0.29) is 5.41 Å². The first-order valence-corrected chi connectivity index (χ1v) is 17.6. The molecule has 3 heterocycles. The fraction of sp³-hybridized carbons (Fsp3) is 0.295. The van der Waals surface area contributed by atoms with Crippen LogP contribution in [-0.4, -0.2) is 18.1 Å². The Kier molecular flexibility index (Phi) is 8.98. The number of nitrogens with zero attached hydrogens (tertiary/aromatic N) is 3. The number of anilines is 3. The normalized spacial score (nSPS) is 17.7. The molecular weight excluding hydrogens is 571 g/mol. The van der Waals surface area contributed by atoms with Crippen molar-refractivity contribution in [2.75, 3.05) is 22.9 Å². The van der Waals surface area contributed by atoms with Crippen LogP contribution in [0.5, 0.6) is 0 Å². The lowest BCUT2D eigenvalue weighted by atomic mass is 9.71. The molecule has 4 aromatic rings. The number of allylic oxidation sites excluding steroid dienone is 4. The van der Waals surface area contributed by atoms with E-state index in [0.717, 1.165) is 50.2 Å². The fourth-order valence-corrected chi connectivity index (χ4v) is 8.15. The van der Waals surface area contributed by atoms with Crippen molar-refractivity contribution in [3.63, 3.8) is 0 Å². The van der Waals surface area contributed by atoms with Gasteiger partial charge in [-0.3, -0.25) is 4.98 Å². The van der Waals surface area contributed by atoms with Gasteiger partial charge in [0.1, 0.15) is 0 Å². The van der Waals surface area contributed by atoms with Gasteiger partial charge in [0.05, 0.1) is 17.6 Å². The summed E-state index contributed by atoms with van der Waals surface area (Å²) in [7, 11) is 0. The highest BCUT2D eigenvalue weighted by Gasteiger charge is 2.39. The number of fused-ring (bicyclic) bond motifs is 2. The molecule has 3 nitrogen and oxygen atoms in total. The van der Waals surface area contributed by atoms with Crippen molar-refractivity contribution < 1.29 is 0 Å². The van der Waals surface area contributed by atoms with Gasteiger partial charge in [0.2, 0.25) is 0 Å². The quantitative estimate of drug-likeness (QED) is 0.183. The van der Waals surface area contributed by atoms with E-state index in [1.807, 2.05) is 6.20 Å². The Bertz CT molecular complexity index is 1830. The molecule has 0 atom stereocenters. The average molecular weight is 618 g/mol. The first kappa shape index (κ1) is 31.0. The third-order valence-electron chi connectivity index (χ3n) is 10.6. The first-order chi connectivity index (χ1) is 23.1. The molecule has 1 aliphatic carbocycles. The summed E-state index contributed by atoms with van der Waals surface area (Å²) in [6.07, 6.45) is 22.6. The van der Waals surface area contributed by atoms with Crippen molar-refractivity contribution in [2.45, 2.75) is 70.6 Å². The van der Waals surface area contributed by atoms with Crippen molar-refractivity contribution >= 4 is 29.2 Å². The van der Waals surface area contributed by atoms with Gasteiger partial charge < -0.3 is 9.80 Å². The topological polar surface area (TPSA) is 19.4 Å². The Morgan fingerprint density at radius 2 is 1.53 bits per heavy atom. The van der Waals surface area contributed by atoms with Gasteiger partial charge in [0.25, 0.3) is 0 Å². The molecule has 7 rings (SSSR count). The maximum atomic E-state index is 4.85. The first-order valence-electron chi connectivity index (χ1n) is 17.6. The van der Waals surface area contributed by atoms with E-state index < -0.39 is 0 Å². The molecule has 0 saturated heterocycles. The highest BCUT2D eigenvalue weighted by molar-refractivity contribution is 5.72. The Hall–Kier alpha value is -4.63. The summed E-state index contributed by atoms with van der Waals surface area (Å²) >= 11 is 0. The van der Waals surface area contributed by atoms with Crippen LogP contribution in [0, 0.1) is 6.92 Å². The second-order valence-corrected chi connectivity index (χ2v) is 13.5. The van der Waals surface area contributed by atoms with Crippen LogP contribution in [0.4, 0.5) is 17.1 Å². The predicted octanol–water partition coefficient (Wildman–Crippen LogP) is 10.9. The molecule has 1 saturated carbocycles. The van der Waals surface area contributed by atoms with Crippen LogP contribution < -0.4 is 9.80 Å². The maximum Gasteiger partial charge on any atom is 0.0631 e. The highest BCUT2D eigenvalue weighted by atomic mass is 15.2. The van der Waals surface area contributed by atoms with Gasteiger partial charge in [-0.25, -0.2) is 0 Å². The molecule has 2 aliphatic heterocycles. The standard InChI is InChI=1S/C44H47N3/c1-4-13-39(46-28-11-16-36-14-5-7-18-42(36)46)30-34(3)44(26-9-10-27-44)41-31-35(21-20-33(41)2)22-23-38-24-25-40(32-45-38)47-29-12-17-37-15-6-8-19-43(37)47/h4-8,13-15,18-25,30-32H,3,9-12,16-17,26-29H2,1-2H3/b13-4-,23-22+,39-30+. The third kappa shape index (κ3) is 6.24. The Morgan fingerprint density at radius 3 is 2.28 bits per heavy atom. The number of aryl methyl sites for hydroxylation is 3. The lowest BCUT2D eigenvalue weighted by Gasteiger charge is -2.36. The van der Waals surface area contributed by atoms with E-state index in [2.05, 4.69) is 133 Å². The van der Waals surface area contributed by atoms with E-state index in [4.69, 9.17) is 11.6 Å². The second-order valence-electron chi connectivity index (χ2n) is 13.5. The molecule has 0 N–H and O–H groups in total. The number of benzene rings is 3. The zero-order valence-electron chi connectivity index (χ0n) is 28.1. The van der Waals surface area contributed by atoms with E-state index >= 15 is 0 Å². The van der Waals surface area contributed by atoms with Gasteiger partial charge >= 0.3 is 0 Å². The van der Waals surface area contributed by atoms with Gasteiger partial charge in [-0.15, -0.1) is 0 Å². The number of hydrogen-bond acceptors (Lipinski definition) is 3. The Labute approximate surface area is 281 Å². The molecule has 0 bridgehead atoms. The van der Waals surface area contributed by atoms with Crippen molar-refractivity contribution in [3.8, 4) is 0 Å². The maximum absolute atomic E-state index is 4.85. The zero-order chi connectivity index (χ0) is 32.2. The summed E-state index contributed by atoms with van der Waals surface area (Å²) in [5.41, 5.74) is 14.0. The summed E-state index contributed by atoms with van der Waals surface area (Å²) in [6, 6.07) is 28.9. The van der Waals surface area contributed by atoms with Gasteiger partial charge in [-0.2, -0.15) is 0 Å². The molecule has 238 valence electrons. The molecule has 1 fully saturated rings. The SMILES string of the molecule is C=C(/C=C(\C=C/C)N1CCCc2ccccc21)C1(c2cc(/C=C/c3ccc(N4CCCc5ccccc54)cn3)ccc2C)CCCC1. The van der Waals surface area contributed by atoms with Crippen LogP contribution >= 0.6 is 0 Å². The molecular formula is C44H47N3. The summed E-state index contributed by atoms with van der Waals surface area (Å²) in [5.74, 6) is 0. The number of rotatable bonds is 8. The van der Waals surface area contributed by atoms with E-state index in [1.165, 1.54) is 76.1 Å². The van der Waals surface area contributed by atoms with E-state index in [9.17, 15) is 0 Å². The van der Waals surface area contributed by atoms with Crippen LogP contribution in [0.1, 0.15) is 79.0 Å². The minimum Gasteiger partial charge on any atom is -0.341 e. The van der Waals surface area contributed by atoms with Crippen LogP contribution in [0.3, 0.4) is 0 Å². The van der Waals surface area contributed by atoms with E-state index in [1.54, 1.807) is 0 Å². The van der Waals surface area contributed by atoms with Gasteiger partial charge in [0.15, 0.2) is 0 Å². The summed E-state index contributed by atoms with van der Waals surface area (Å²) in [4.78, 5) is 9.75. The Balaban J connectivity index is 1.15. The number of para-hydroxylation sites is 2. The molecule has 3 aromatic carbocycles. The minimum absolute atomic E-state index is 0.0549. The van der Waals surface area contributed by atoms with Crippen molar-refractivity contribution in [1.29, 1.82) is 0 Å². The van der Waals surface area contributed by atoms with Crippen molar-refractivity contribution in [2.24, 2.45) is 0 Å². The highest BCUT2D eigenvalue weighted by Crippen LogP contribution is 2.48. The summed E-state index contributed by atoms with van der Waals surface area (Å²) in [5, 5.41) is 0. The second kappa shape index (κ2) is 13.6. The fourth-order valence-electron chi connectivity index (χ4n) is 8.15. The van der Waals surface area contributed by atoms with Crippen LogP contribution in [0.25, 0.3) is 12.2 Å². The third-order valence-corrected chi connectivity index (χ3v) is 10.6. The summed E-state index contributed by atoms with van der Waals surface area (Å²) in [6.45, 7) is 11.3. The largest absolute Gasteiger partial charge is 0.341 e. The Morgan fingerprint density at radius 1 is 0.809 bits per heavy atom. The van der Waals surface area contributed by atoms with Crippen LogP contribution in [0.2, 0.25) is 0 Å². The van der Waals surface area contributed by atoms with Gasteiger partial charge in [-0.05, 0) is 128 Å². The number of pyridine rings is 1. The monoisotopic (exact) mass is 617 g/mol. The lowest BCUT2D eigenvalue weighted by molar-refractivity contribution is 0.531. The van der Waals surface area contributed by atoms with E-state index in [0.29, 0.717) is 0 Å². The molecule has 0 radical (unpaired) electrons. The molecule has 0 amide bonds. The van der Waals surface area contributed by atoms with Gasteiger partial charge in [-0.1, -0.05) is 86.2 Å². The smallest absolute Gasteiger partial charge is 0.0631 e. The molecule has 3 heteroatoms. The minimum atomic E-state index is -0.0549. The van der Waals surface area contributed by atoms with Crippen LogP contribution in [-0.2, 0) is 18.3 Å². The molecule has 47 heavy (non-hydrogen) atoms. The average Bonchev–Trinajstić information content (AvgIpc) is 3.62. The molecule has 1 aromatic heterocycles. The predicted molar refractivity (Wildman–Crippen MR) is 200 cm³/mol.